The van der Waals surface area contributed by atoms with E-state index in [4.69, 9.17) is 9.63 Å². The molecule has 19 heavy (non-hydrogen) atoms. The number of rotatable bonds is 4. The van der Waals surface area contributed by atoms with E-state index >= 15 is 0 Å². The van der Waals surface area contributed by atoms with Gasteiger partial charge in [-0.15, -0.1) is 0 Å². The molecule has 0 bridgehead atoms. The fraction of sp³-hybridized carbons (Fsp3) is 0.154. The van der Waals surface area contributed by atoms with E-state index in [0.29, 0.717) is 16.9 Å². The Morgan fingerprint density at radius 3 is 2.79 bits per heavy atom. The molecule has 2 aromatic rings. The third kappa shape index (κ3) is 3.41. The summed E-state index contributed by atoms with van der Waals surface area (Å²) in [5, 5.41) is 15.0. The summed E-state index contributed by atoms with van der Waals surface area (Å²) in [5.74, 6) is -1.23. The lowest BCUT2D eigenvalue weighted by Gasteiger charge is -2.04. The maximum Gasteiger partial charge on any atom is 0.307 e. The summed E-state index contributed by atoms with van der Waals surface area (Å²) in [6.45, 7) is 1.72. The van der Waals surface area contributed by atoms with E-state index in [1.54, 1.807) is 31.2 Å². The summed E-state index contributed by atoms with van der Waals surface area (Å²) >= 11 is 0. The van der Waals surface area contributed by atoms with Gasteiger partial charge in [0.15, 0.2) is 0 Å². The molecule has 0 fully saturated rings. The van der Waals surface area contributed by atoms with Crippen LogP contribution in [0.25, 0.3) is 0 Å². The van der Waals surface area contributed by atoms with Crippen LogP contribution >= 0.6 is 0 Å². The predicted octanol–water partition coefficient (Wildman–Crippen LogP) is 1.86. The van der Waals surface area contributed by atoms with Crippen molar-refractivity contribution in [2.24, 2.45) is 0 Å². The van der Waals surface area contributed by atoms with E-state index in [9.17, 15) is 9.59 Å². The Hall–Kier alpha value is -2.63. The summed E-state index contributed by atoms with van der Waals surface area (Å²) in [4.78, 5) is 22.4. The van der Waals surface area contributed by atoms with E-state index in [0.717, 1.165) is 0 Å². The highest BCUT2D eigenvalue weighted by molar-refractivity contribution is 6.02. The van der Waals surface area contributed by atoms with Gasteiger partial charge in [0, 0.05) is 11.8 Å². The highest BCUT2D eigenvalue weighted by Gasteiger charge is 2.12. The molecule has 2 N–H and O–H groups in total. The molecule has 0 saturated heterocycles. The minimum Gasteiger partial charge on any atom is -0.481 e. The number of benzene rings is 1. The summed E-state index contributed by atoms with van der Waals surface area (Å²) in [6.07, 6.45) is -0.0921. The molecule has 1 aromatic carbocycles. The lowest BCUT2D eigenvalue weighted by molar-refractivity contribution is -0.136. The molecular weight excluding hydrogens is 248 g/mol. The number of aryl methyl sites for hydroxylation is 1. The van der Waals surface area contributed by atoms with Crippen LogP contribution in [0.3, 0.4) is 0 Å². The number of carboxylic acid groups (broad SMARTS) is 1. The molecule has 1 heterocycles. The SMILES string of the molecule is Cc1cc(C(=O)Nc2cccc(CC(=O)O)c2)on1. The van der Waals surface area contributed by atoms with Crippen LogP contribution in [0, 0.1) is 6.92 Å². The second-order valence-electron chi connectivity index (χ2n) is 4.06. The zero-order valence-corrected chi connectivity index (χ0v) is 10.2. The van der Waals surface area contributed by atoms with Gasteiger partial charge < -0.3 is 14.9 Å². The molecule has 0 spiro atoms. The van der Waals surface area contributed by atoms with Crippen molar-refractivity contribution in [3.63, 3.8) is 0 Å². The molecule has 1 aromatic heterocycles. The van der Waals surface area contributed by atoms with Crippen molar-refractivity contribution in [3.05, 3.63) is 47.3 Å². The monoisotopic (exact) mass is 260 g/mol. The molecule has 6 nitrogen and oxygen atoms in total. The number of amides is 1. The van der Waals surface area contributed by atoms with E-state index in [1.807, 2.05) is 0 Å². The topological polar surface area (TPSA) is 92.4 Å². The lowest BCUT2D eigenvalue weighted by atomic mass is 10.1. The number of carbonyl (C=O) groups is 2. The van der Waals surface area contributed by atoms with Crippen LogP contribution in [-0.4, -0.2) is 22.1 Å². The number of aromatic nitrogens is 1. The Bertz CT molecular complexity index is 619. The molecule has 1 amide bonds. The molecule has 0 atom stereocenters. The van der Waals surface area contributed by atoms with Crippen molar-refractivity contribution in [2.45, 2.75) is 13.3 Å². The quantitative estimate of drug-likeness (QED) is 0.875. The summed E-state index contributed by atoms with van der Waals surface area (Å²) in [7, 11) is 0. The summed E-state index contributed by atoms with van der Waals surface area (Å²) in [5.41, 5.74) is 1.74. The number of aliphatic carboxylic acids is 1. The Kier molecular flexibility index (Phi) is 3.61. The van der Waals surface area contributed by atoms with Crippen molar-refractivity contribution in [1.82, 2.24) is 5.16 Å². The molecule has 0 saturated carbocycles. The summed E-state index contributed by atoms with van der Waals surface area (Å²) < 4.78 is 4.84. The van der Waals surface area contributed by atoms with Crippen molar-refractivity contribution < 1.29 is 19.2 Å². The standard InChI is InChI=1S/C13H12N2O4/c1-8-5-11(19-15-8)13(18)14-10-4-2-3-9(6-10)7-12(16)17/h2-6H,7H2,1H3,(H,14,18)(H,16,17). The van der Waals surface area contributed by atoms with Gasteiger partial charge in [-0.05, 0) is 24.6 Å². The van der Waals surface area contributed by atoms with Gasteiger partial charge in [-0.25, -0.2) is 0 Å². The van der Waals surface area contributed by atoms with E-state index in [1.165, 1.54) is 6.07 Å². The van der Waals surface area contributed by atoms with Crippen molar-refractivity contribution in [3.8, 4) is 0 Å². The number of hydrogen-bond acceptors (Lipinski definition) is 4. The van der Waals surface area contributed by atoms with Crippen LogP contribution < -0.4 is 5.32 Å². The largest absolute Gasteiger partial charge is 0.481 e. The lowest BCUT2D eigenvalue weighted by Crippen LogP contribution is -2.11. The van der Waals surface area contributed by atoms with Crippen LogP contribution in [0.4, 0.5) is 5.69 Å². The van der Waals surface area contributed by atoms with Gasteiger partial charge in [0.05, 0.1) is 12.1 Å². The molecule has 0 unspecified atom stereocenters. The highest BCUT2D eigenvalue weighted by Crippen LogP contribution is 2.13. The second-order valence-corrected chi connectivity index (χ2v) is 4.06. The third-order valence-corrected chi connectivity index (χ3v) is 2.39. The Morgan fingerprint density at radius 2 is 2.16 bits per heavy atom. The van der Waals surface area contributed by atoms with Gasteiger partial charge in [-0.1, -0.05) is 17.3 Å². The second kappa shape index (κ2) is 5.34. The molecule has 0 aliphatic heterocycles. The first-order valence-corrected chi connectivity index (χ1v) is 5.60. The Balaban J connectivity index is 2.10. The molecule has 0 aliphatic rings. The fourth-order valence-electron chi connectivity index (χ4n) is 1.60. The first-order chi connectivity index (χ1) is 9.04. The van der Waals surface area contributed by atoms with Crippen LogP contribution in [0.2, 0.25) is 0 Å². The van der Waals surface area contributed by atoms with Crippen molar-refractivity contribution in [1.29, 1.82) is 0 Å². The number of nitrogens with one attached hydrogen (secondary N) is 1. The number of nitrogens with zero attached hydrogens (tertiary/aromatic N) is 1. The minimum absolute atomic E-state index is 0.0921. The normalized spacial score (nSPS) is 10.2. The minimum atomic E-state index is -0.922. The van der Waals surface area contributed by atoms with E-state index < -0.39 is 11.9 Å². The zero-order chi connectivity index (χ0) is 13.8. The molecule has 2 rings (SSSR count). The van der Waals surface area contributed by atoms with Crippen molar-refractivity contribution >= 4 is 17.6 Å². The van der Waals surface area contributed by atoms with E-state index in [-0.39, 0.29) is 12.2 Å². The Labute approximate surface area is 109 Å². The van der Waals surface area contributed by atoms with Gasteiger partial charge in [-0.2, -0.15) is 0 Å². The number of hydrogen-bond donors (Lipinski definition) is 2. The first-order valence-electron chi connectivity index (χ1n) is 5.60. The number of carbonyl (C=O) groups excluding carboxylic acids is 1. The molecule has 0 radical (unpaired) electrons. The van der Waals surface area contributed by atoms with Gasteiger partial charge in [0.1, 0.15) is 0 Å². The van der Waals surface area contributed by atoms with Gasteiger partial charge in [0.25, 0.3) is 5.91 Å². The fourth-order valence-corrected chi connectivity index (χ4v) is 1.60. The average Bonchev–Trinajstić information content (AvgIpc) is 2.75. The smallest absolute Gasteiger partial charge is 0.307 e. The van der Waals surface area contributed by atoms with Gasteiger partial charge >= 0.3 is 5.97 Å². The maximum atomic E-state index is 11.8. The zero-order valence-electron chi connectivity index (χ0n) is 10.2. The summed E-state index contributed by atoms with van der Waals surface area (Å²) in [6, 6.07) is 8.17. The van der Waals surface area contributed by atoms with Gasteiger partial charge in [0.2, 0.25) is 5.76 Å². The van der Waals surface area contributed by atoms with E-state index in [2.05, 4.69) is 10.5 Å². The van der Waals surface area contributed by atoms with Gasteiger partial charge in [-0.3, -0.25) is 9.59 Å². The first kappa shape index (κ1) is 12.8. The predicted molar refractivity (Wildman–Crippen MR) is 67.0 cm³/mol. The molecule has 6 heteroatoms. The van der Waals surface area contributed by atoms with Crippen LogP contribution in [0.1, 0.15) is 21.8 Å². The van der Waals surface area contributed by atoms with Crippen LogP contribution in [0.15, 0.2) is 34.9 Å². The number of carboxylic acids is 1. The molecule has 98 valence electrons. The number of anilines is 1. The average molecular weight is 260 g/mol. The molecule has 0 aliphatic carbocycles. The highest BCUT2D eigenvalue weighted by atomic mass is 16.5. The third-order valence-electron chi connectivity index (χ3n) is 2.39. The van der Waals surface area contributed by atoms with Crippen LogP contribution in [0.5, 0.6) is 0 Å². The molecular formula is C13H12N2O4. The Morgan fingerprint density at radius 1 is 1.37 bits per heavy atom. The maximum absolute atomic E-state index is 11.8. The van der Waals surface area contributed by atoms with Crippen molar-refractivity contribution in [2.75, 3.05) is 5.32 Å². The van der Waals surface area contributed by atoms with Crippen LogP contribution in [-0.2, 0) is 11.2 Å².